The van der Waals surface area contributed by atoms with E-state index in [4.69, 9.17) is 4.74 Å². The van der Waals surface area contributed by atoms with Crippen LogP contribution >= 0.6 is 11.8 Å². The van der Waals surface area contributed by atoms with Crippen molar-refractivity contribution < 1.29 is 17.9 Å². The molecule has 1 amide bonds. The number of carbonyl (C=O) groups is 1. The minimum absolute atomic E-state index is 0.0866. The predicted molar refractivity (Wildman–Crippen MR) is 109 cm³/mol. The SMILES string of the molecule is C=CCn1c(SCC(=O)Nc2cccc(OC)c2)nnc1C1CCS(=O)(=O)C1. The zero-order valence-corrected chi connectivity index (χ0v) is 17.1. The van der Waals surface area contributed by atoms with Gasteiger partial charge in [-0.15, -0.1) is 16.8 Å². The quantitative estimate of drug-likeness (QED) is 0.513. The van der Waals surface area contributed by atoms with E-state index >= 15 is 0 Å². The molecule has 28 heavy (non-hydrogen) atoms. The highest BCUT2D eigenvalue weighted by atomic mass is 32.2. The number of sulfone groups is 1. The Balaban J connectivity index is 1.66. The average molecular weight is 423 g/mol. The summed E-state index contributed by atoms with van der Waals surface area (Å²) in [6.45, 7) is 4.20. The molecule has 1 fully saturated rings. The summed E-state index contributed by atoms with van der Waals surface area (Å²) in [6.07, 6.45) is 2.25. The molecule has 1 aliphatic rings. The zero-order valence-electron chi connectivity index (χ0n) is 15.5. The molecule has 1 aromatic heterocycles. The molecule has 2 aromatic rings. The van der Waals surface area contributed by atoms with Gasteiger partial charge in [0, 0.05) is 24.2 Å². The summed E-state index contributed by atoms with van der Waals surface area (Å²) in [4.78, 5) is 12.3. The molecule has 1 unspecified atom stereocenters. The van der Waals surface area contributed by atoms with Gasteiger partial charge in [-0.1, -0.05) is 23.9 Å². The maximum atomic E-state index is 12.3. The van der Waals surface area contributed by atoms with Crippen LogP contribution in [0.4, 0.5) is 5.69 Å². The van der Waals surface area contributed by atoms with Gasteiger partial charge in [-0.2, -0.15) is 0 Å². The van der Waals surface area contributed by atoms with E-state index in [9.17, 15) is 13.2 Å². The second kappa shape index (κ2) is 8.78. The first kappa shape index (κ1) is 20.4. The third-order valence-corrected chi connectivity index (χ3v) is 7.08. The van der Waals surface area contributed by atoms with Crippen LogP contribution in [0, 0.1) is 0 Å². The molecule has 0 aliphatic carbocycles. The molecule has 3 rings (SSSR count). The normalized spacial score (nSPS) is 18.0. The summed E-state index contributed by atoms with van der Waals surface area (Å²) in [5.74, 6) is 1.35. The number of anilines is 1. The monoisotopic (exact) mass is 422 g/mol. The number of aromatic nitrogens is 3. The van der Waals surface area contributed by atoms with Crippen molar-refractivity contribution in [1.82, 2.24) is 14.8 Å². The third-order valence-electron chi connectivity index (χ3n) is 4.34. The van der Waals surface area contributed by atoms with E-state index in [-0.39, 0.29) is 29.1 Å². The van der Waals surface area contributed by atoms with Crippen molar-refractivity contribution in [3.05, 3.63) is 42.7 Å². The van der Waals surface area contributed by atoms with Crippen LogP contribution in [0.2, 0.25) is 0 Å². The van der Waals surface area contributed by atoms with E-state index in [1.165, 1.54) is 11.8 Å². The molecule has 1 saturated heterocycles. The Bertz CT molecular complexity index is 972. The molecule has 8 nitrogen and oxygen atoms in total. The van der Waals surface area contributed by atoms with Gasteiger partial charge in [-0.3, -0.25) is 4.79 Å². The Kier molecular flexibility index (Phi) is 6.40. The highest BCUT2D eigenvalue weighted by molar-refractivity contribution is 7.99. The van der Waals surface area contributed by atoms with Gasteiger partial charge in [0.1, 0.15) is 11.6 Å². The topological polar surface area (TPSA) is 103 Å². The summed E-state index contributed by atoms with van der Waals surface area (Å²) in [5.41, 5.74) is 0.648. The lowest BCUT2D eigenvalue weighted by Gasteiger charge is -2.11. The molecular weight excluding hydrogens is 400 g/mol. The summed E-state index contributed by atoms with van der Waals surface area (Å²) in [5, 5.41) is 11.7. The number of hydrogen-bond donors (Lipinski definition) is 1. The Morgan fingerprint density at radius 1 is 1.46 bits per heavy atom. The molecule has 0 saturated carbocycles. The van der Waals surface area contributed by atoms with Gasteiger partial charge < -0.3 is 14.6 Å². The number of nitrogens with one attached hydrogen (secondary N) is 1. The van der Waals surface area contributed by atoms with Gasteiger partial charge in [0.05, 0.1) is 24.4 Å². The largest absolute Gasteiger partial charge is 0.497 e. The van der Waals surface area contributed by atoms with Gasteiger partial charge in [0.2, 0.25) is 5.91 Å². The average Bonchev–Trinajstić information content (AvgIpc) is 3.23. The Hall–Kier alpha value is -2.33. The van der Waals surface area contributed by atoms with Crippen molar-refractivity contribution >= 4 is 33.2 Å². The van der Waals surface area contributed by atoms with Crippen LogP contribution in [-0.2, 0) is 21.2 Å². The van der Waals surface area contributed by atoms with Crippen molar-refractivity contribution in [2.24, 2.45) is 0 Å². The summed E-state index contributed by atoms with van der Waals surface area (Å²) in [6, 6.07) is 7.11. The smallest absolute Gasteiger partial charge is 0.234 e. The number of amides is 1. The van der Waals surface area contributed by atoms with Gasteiger partial charge in [-0.25, -0.2) is 8.42 Å². The first-order valence-corrected chi connectivity index (χ1v) is 11.5. The molecule has 1 atom stereocenters. The van der Waals surface area contributed by atoms with Crippen LogP contribution in [0.15, 0.2) is 42.1 Å². The van der Waals surface area contributed by atoms with Crippen LogP contribution in [-0.4, -0.2) is 53.5 Å². The maximum Gasteiger partial charge on any atom is 0.234 e. The number of carbonyl (C=O) groups excluding carboxylic acids is 1. The maximum absolute atomic E-state index is 12.3. The van der Waals surface area contributed by atoms with Crippen LogP contribution in [0.3, 0.4) is 0 Å². The van der Waals surface area contributed by atoms with Crippen molar-refractivity contribution in [2.75, 3.05) is 29.7 Å². The first-order valence-electron chi connectivity index (χ1n) is 8.73. The van der Waals surface area contributed by atoms with E-state index < -0.39 is 9.84 Å². The lowest BCUT2D eigenvalue weighted by molar-refractivity contribution is -0.113. The molecule has 1 N–H and O–H groups in total. The van der Waals surface area contributed by atoms with Crippen molar-refractivity contribution in [3.63, 3.8) is 0 Å². The van der Waals surface area contributed by atoms with Crippen LogP contribution in [0.25, 0.3) is 0 Å². The molecule has 0 radical (unpaired) electrons. The second-order valence-electron chi connectivity index (χ2n) is 6.41. The van der Waals surface area contributed by atoms with Gasteiger partial charge >= 0.3 is 0 Å². The van der Waals surface area contributed by atoms with Gasteiger partial charge in [0.15, 0.2) is 15.0 Å². The number of rotatable bonds is 8. The summed E-state index contributed by atoms with van der Waals surface area (Å²) < 4.78 is 30.5. The van der Waals surface area contributed by atoms with Crippen molar-refractivity contribution in [2.45, 2.75) is 24.0 Å². The number of nitrogens with zero attached hydrogens (tertiary/aromatic N) is 3. The fourth-order valence-electron chi connectivity index (χ4n) is 3.04. The van der Waals surface area contributed by atoms with Crippen LogP contribution in [0.1, 0.15) is 18.2 Å². The molecule has 0 bridgehead atoms. The molecule has 1 aromatic carbocycles. The summed E-state index contributed by atoms with van der Waals surface area (Å²) in [7, 11) is -1.45. The molecular formula is C18H22N4O4S2. The van der Waals surface area contributed by atoms with Gasteiger partial charge in [0.25, 0.3) is 0 Å². The van der Waals surface area contributed by atoms with Crippen molar-refractivity contribution in [3.8, 4) is 5.75 Å². The van der Waals surface area contributed by atoms with Crippen LogP contribution < -0.4 is 10.1 Å². The van der Waals surface area contributed by atoms with Gasteiger partial charge in [-0.05, 0) is 18.6 Å². The molecule has 10 heteroatoms. The Labute approximate surface area is 168 Å². The summed E-state index contributed by atoms with van der Waals surface area (Å²) >= 11 is 1.25. The van der Waals surface area contributed by atoms with E-state index in [1.807, 2.05) is 4.57 Å². The number of ether oxygens (including phenoxy) is 1. The highest BCUT2D eigenvalue weighted by Gasteiger charge is 2.33. The minimum atomic E-state index is -3.02. The second-order valence-corrected chi connectivity index (χ2v) is 9.58. The third kappa shape index (κ3) is 4.93. The molecule has 1 aliphatic heterocycles. The van der Waals surface area contributed by atoms with E-state index in [2.05, 4.69) is 22.1 Å². The lowest BCUT2D eigenvalue weighted by atomic mass is 10.1. The van der Waals surface area contributed by atoms with E-state index in [1.54, 1.807) is 37.5 Å². The number of benzene rings is 1. The molecule has 0 spiro atoms. The standard InChI is InChI=1S/C18H22N4O4S2/c1-3-8-22-17(13-7-9-28(24,25)12-13)20-21-18(22)27-11-16(23)19-14-5-4-6-15(10-14)26-2/h3-6,10,13H,1,7-9,11-12H2,2H3,(H,19,23). The predicted octanol–water partition coefficient (Wildman–Crippen LogP) is 2.11. The fourth-order valence-corrected chi connectivity index (χ4v) is 5.53. The molecule has 2 heterocycles. The van der Waals surface area contributed by atoms with E-state index in [0.29, 0.717) is 35.4 Å². The number of thioether (sulfide) groups is 1. The first-order chi connectivity index (χ1) is 13.4. The minimum Gasteiger partial charge on any atom is -0.497 e. The fraction of sp³-hybridized carbons (Fsp3) is 0.389. The zero-order chi connectivity index (χ0) is 20.1. The number of allylic oxidation sites excluding steroid dienone is 1. The highest BCUT2D eigenvalue weighted by Crippen LogP contribution is 2.30. The Morgan fingerprint density at radius 2 is 2.29 bits per heavy atom. The Morgan fingerprint density at radius 3 is 2.96 bits per heavy atom. The molecule has 150 valence electrons. The van der Waals surface area contributed by atoms with Crippen molar-refractivity contribution in [1.29, 1.82) is 0 Å². The van der Waals surface area contributed by atoms with Crippen LogP contribution in [0.5, 0.6) is 5.75 Å². The lowest BCUT2D eigenvalue weighted by Crippen LogP contribution is -2.15. The number of hydrogen-bond acceptors (Lipinski definition) is 7. The number of methoxy groups -OCH3 is 1. The van der Waals surface area contributed by atoms with E-state index in [0.717, 1.165) is 0 Å².